The topological polar surface area (TPSA) is 44.1 Å². The fourth-order valence-corrected chi connectivity index (χ4v) is 5.10. The van der Waals surface area contributed by atoms with E-state index in [0.29, 0.717) is 11.9 Å². The normalized spacial score (nSPS) is 23.9. The predicted octanol–water partition coefficient (Wildman–Crippen LogP) is 2.80. The number of hydrogen-bond acceptors (Lipinski definition) is 5. The van der Waals surface area contributed by atoms with Gasteiger partial charge in [-0.3, -0.25) is 9.36 Å². The van der Waals surface area contributed by atoms with Crippen molar-refractivity contribution in [1.29, 1.82) is 0 Å². The van der Waals surface area contributed by atoms with Gasteiger partial charge < -0.3 is 4.74 Å². The Morgan fingerprint density at radius 1 is 1.45 bits per heavy atom. The number of hydrogen-bond donors (Lipinski definition) is 0. The van der Waals surface area contributed by atoms with Crippen molar-refractivity contribution in [3.8, 4) is 0 Å². The Morgan fingerprint density at radius 3 is 3.05 bits per heavy atom. The smallest absolute Gasteiger partial charge is 0.263 e. The summed E-state index contributed by atoms with van der Waals surface area (Å²) in [5.41, 5.74) is 1.11. The lowest BCUT2D eigenvalue weighted by molar-refractivity contribution is -0.0379. The zero-order chi connectivity index (χ0) is 14.1. The molecular formula is C14H16N2O2S2. The first kappa shape index (κ1) is 12.9. The van der Waals surface area contributed by atoms with Crippen LogP contribution in [-0.4, -0.2) is 20.4 Å². The van der Waals surface area contributed by atoms with Crippen molar-refractivity contribution in [3.63, 3.8) is 0 Å². The lowest BCUT2D eigenvalue weighted by Crippen LogP contribution is -2.32. The average molecular weight is 308 g/mol. The Labute approximate surface area is 125 Å². The fourth-order valence-electron chi connectivity index (χ4n) is 2.93. The zero-order valence-corrected chi connectivity index (χ0v) is 13.4. The molecule has 4 rings (SSSR count). The number of nitrogens with zero attached hydrogens (tertiary/aromatic N) is 2. The number of aromatic nitrogens is 2. The maximum Gasteiger partial charge on any atom is 0.263 e. The lowest BCUT2D eigenvalue weighted by Gasteiger charge is -2.29. The summed E-state index contributed by atoms with van der Waals surface area (Å²) < 4.78 is 7.69. The van der Waals surface area contributed by atoms with Crippen LogP contribution in [0.15, 0.2) is 9.95 Å². The Balaban J connectivity index is 2.00. The van der Waals surface area contributed by atoms with Crippen LogP contribution in [0, 0.1) is 0 Å². The molecule has 1 atom stereocenters. The molecule has 2 aromatic heterocycles. The summed E-state index contributed by atoms with van der Waals surface area (Å²) in [6, 6.07) is 0. The molecule has 0 saturated carbocycles. The molecule has 0 fully saturated rings. The fraction of sp³-hybridized carbons (Fsp3) is 0.571. The Hall–Kier alpha value is -0.850. The van der Waals surface area contributed by atoms with Crippen molar-refractivity contribution in [2.75, 3.05) is 0 Å². The monoisotopic (exact) mass is 308 g/mol. The van der Waals surface area contributed by atoms with Gasteiger partial charge in [0.1, 0.15) is 4.83 Å². The minimum Gasteiger partial charge on any atom is -0.370 e. The van der Waals surface area contributed by atoms with Crippen LogP contribution in [0.25, 0.3) is 10.2 Å². The molecule has 2 aliphatic heterocycles. The van der Waals surface area contributed by atoms with Gasteiger partial charge in [0.2, 0.25) is 0 Å². The van der Waals surface area contributed by atoms with Crippen LogP contribution in [-0.2, 0) is 24.3 Å². The van der Waals surface area contributed by atoms with E-state index in [1.54, 1.807) is 23.1 Å². The van der Waals surface area contributed by atoms with E-state index >= 15 is 0 Å². The third-order valence-electron chi connectivity index (χ3n) is 3.90. The maximum absolute atomic E-state index is 12.8. The van der Waals surface area contributed by atoms with Gasteiger partial charge in [0.15, 0.2) is 5.16 Å². The highest BCUT2D eigenvalue weighted by molar-refractivity contribution is 7.99. The van der Waals surface area contributed by atoms with Gasteiger partial charge in [-0.2, -0.15) is 0 Å². The summed E-state index contributed by atoms with van der Waals surface area (Å²) in [5, 5.41) is 2.14. The van der Waals surface area contributed by atoms with Crippen molar-refractivity contribution in [2.24, 2.45) is 0 Å². The van der Waals surface area contributed by atoms with E-state index in [-0.39, 0.29) is 11.2 Å². The Morgan fingerprint density at radius 2 is 2.25 bits per heavy atom. The van der Waals surface area contributed by atoms with Crippen LogP contribution in [0.2, 0.25) is 0 Å². The first-order valence-electron chi connectivity index (χ1n) is 6.80. The molecule has 0 radical (unpaired) electrons. The Kier molecular flexibility index (Phi) is 2.63. The van der Waals surface area contributed by atoms with E-state index in [1.165, 1.54) is 10.4 Å². The number of fused-ring (bicyclic) bond motifs is 4. The van der Waals surface area contributed by atoms with Crippen molar-refractivity contribution < 1.29 is 4.74 Å². The van der Waals surface area contributed by atoms with Crippen LogP contribution in [0.5, 0.6) is 0 Å². The first-order valence-corrected chi connectivity index (χ1v) is 8.50. The van der Waals surface area contributed by atoms with Crippen molar-refractivity contribution >= 4 is 33.3 Å². The van der Waals surface area contributed by atoms with Crippen LogP contribution < -0.4 is 5.56 Å². The van der Waals surface area contributed by atoms with Crippen LogP contribution in [0.1, 0.15) is 31.2 Å². The second-order valence-corrected chi connectivity index (χ2v) is 8.64. The van der Waals surface area contributed by atoms with Crippen molar-refractivity contribution in [3.05, 3.63) is 20.8 Å². The van der Waals surface area contributed by atoms with Crippen LogP contribution >= 0.6 is 23.1 Å². The quantitative estimate of drug-likeness (QED) is 0.702. The first-order chi connectivity index (χ1) is 9.44. The van der Waals surface area contributed by atoms with Gasteiger partial charge in [0.05, 0.1) is 17.6 Å². The molecule has 6 heteroatoms. The summed E-state index contributed by atoms with van der Waals surface area (Å²) in [4.78, 5) is 19.6. The molecule has 0 N–H and O–H groups in total. The highest BCUT2D eigenvalue weighted by Gasteiger charge is 2.32. The summed E-state index contributed by atoms with van der Waals surface area (Å²) in [5.74, 6) is 0. The van der Waals surface area contributed by atoms with Crippen LogP contribution in [0.3, 0.4) is 0 Å². The number of thioether (sulfide) groups is 1. The highest BCUT2D eigenvalue weighted by atomic mass is 32.2. The van der Waals surface area contributed by atoms with E-state index in [9.17, 15) is 4.79 Å². The average Bonchev–Trinajstić information content (AvgIpc) is 2.88. The molecule has 2 aliphatic rings. The molecule has 2 aromatic rings. The maximum atomic E-state index is 12.8. The molecule has 0 saturated heterocycles. The highest BCUT2D eigenvalue weighted by Crippen LogP contribution is 2.38. The van der Waals surface area contributed by atoms with Crippen molar-refractivity contribution in [2.45, 2.75) is 56.4 Å². The standard InChI is InChI=1S/C14H16N2O2S2/c1-7-5-16-12(17)10-8-4-14(2,3)18-6-9(8)20-11(10)15-13(16)19-7/h7H,4-6H2,1-3H3/t7-/m1/s1. The largest absolute Gasteiger partial charge is 0.370 e. The molecule has 0 unspecified atom stereocenters. The molecule has 106 valence electrons. The summed E-state index contributed by atoms with van der Waals surface area (Å²) >= 11 is 3.31. The third kappa shape index (κ3) is 1.78. The van der Waals surface area contributed by atoms with Gasteiger partial charge in [-0.25, -0.2) is 4.98 Å². The predicted molar refractivity (Wildman–Crippen MR) is 81.8 cm³/mol. The van der Waals surface area contributed by atoms with E-state index in [2.05, 4.69) is 20.8 Å². The van der Waals surface area contributed by atoms with Crippen molar-refractivity contribution in [1.82, 2.24) is 9.55 Å². The molecule has 20 heavy (non-hydrogen) atoms. The van der Waals surface area contributed by atoms with E-state index in [1.807, 2.05) is 4.57 Å². The van der Waals surface area contributed by atoms with Gasteiger partial charge in [-0.1, -0.05) is 18.7 Å². The lowest BCUT2D eigenvalue weighted by atomic mass is 9.94. The zero-order valence-electron chi connectivity index (χ0n) is 11.7. The molecule has 4 nitrogen and oxygen atoms in total. The van der Waals surface area contributed by atoms with Gasteiger partial charge in [0.25, 0.3) is 5.56 Å². The SMILES string of the molecule is C[C@@H]1Cn2c(nc3sc4c(c3c2=O)CC(C)(C)OC4)S1. The number of rotatable bonds is 0. The minimum atomic E-state index is -0.195. The van der Waals surface area contributed by atoms with E-state index in [0.717, 1.165) is 28.3 Å². The number of thiophene rings is 1. The molecule has 0 aromatic carbocycles. The van der Waals surface area contributed by atoms with E-state index < -0.39 is 0 Å². The van der Waals surface area contributed by atoms with Gasteiger partial charge >= 0.3 is 0 Å². The van der Waals surface area contributed by atoms with E-state index in [4.69, 9.17) is 9.72 Å². The molecule has 0 amide bonds. The second-order valence-electron chi connectivity index (χ2n) is 6.15. The summed E-state index contributed by atoms with van der Waals surface area (Å²) in [7, 11) is 0. The van der Waals surface area contributed by atoms with Crippen LogP contribution in [0.4, 0.5) is 0 Å². The molecule has 0 spiro atoms. The molecule has 4 heterocycles. The molecule has 0 bridgehead atoms. The minimum absolute atomic E-state index is 0.136. The summed E-state index contributed by atoms with van der Waals surface area (Å²) in [6.07, 6.45) is 0.793. The number of ether oxygens (including phenoxy) is 1. The molecular weight excluding hydrogens is 292 g/mol. The third-order valence-corrected chi connectivity index (χ3v) is 6.08. The van der Waals surface area contributed by atoms with Gasteiger partial charge in [0, 0.05) is 23.1 Å². The Bertz CT molecular complexity index is 776. The van der Waals surface area contributed by atoms with Gasteiger partial charge in [-0.05, 0) is 19.4 Å². The summed E-state index contributed by atoms with van der Waals surface area (Å²) in [6.45, 7) is 7.67. The second kappa shape index (κ2) is 4.08. The van der Waals surface area contributed by atoms with Gasteiger partial charge in [-0.15, -0.1) is 11.3 Å². The molecule has 0 aliphatic carbocycles.